The Morgan fingerprint density at radius 3 is 2.17 bits per heavy atom. The molecule has 154 valence electrons. The largest absolute Gasteiger partial charge is 0.530 e. The zero-order valence-electron chi connectivity index (χ0n) is 16.5. The predicted octanol–water partition coefficient (Wildman–Crippen LogP) is 5.94. The van der Waals surface area contributed by atoms with Crippen molar-refractivity contribution >= 4 is 18.8 Å². The quantitative estimate of drug-likeness (QED) is 0.441. The maximum absolute atomic E-state index is 13.1. The normalized spacial score (nSPS) is 12.1. The van der Waals surface area contributed by atoms with E-state index >= 15 is 0 Å². The second-order valence-electron chi connectivity index (χ2n) is 6.99. The van der Waals surface area contributed by atoms with Crippen LogP contribution in [0.25, 0.3) is 22.1 Å². The third-order valence-corrected chi connectivity index (χ3v) is 5.59. The Kier molecular flexibility index (Phi) is 6.22. The molecule has 3 aromatic rings. The molecule has 0 fully saturated rings. The van der Waals surface area contributed by atoms with Crippen LogP contribution in [-0.2, 0) is 13.6 Å². The van der Waals surface area contributed by atoms with Crippen LogP contribution in [0, 0.1) is 5.82 Å². The zero-order valence-corrected chi connectivity index (χ0v) is 17.4. The first-order valence-electron chi connectivity index (χ1n) is 9.15. The standard InChI is InChI=1S/C21H22FO6P/c1-13(2)26-29(24,27-14(3)4)28-17-9-10-18-20(11-17)25-12-19(21(18)23)15-5-7-16(22)8-6-15/h5-14H,1-4H3. The number of hydrogen-bond acceptors (Lipinski definition) is 6. The predicted molar refractivity (Wildman–Crippen MR) is 109 cm³/mol. The average molecular weight is 420 g/mol. The van der Waals surface area contributed by atoms with Crippen LogP contribution in [-0.4, -0.2) is 12.2 Å². The second kappa shape index (κ2) is 8.49. The average Bonchev–Trinajstić information content (AvgIpc) is 2.61. The molecule has 0 atom stereocenters. The zero-order chi connectivity index (χ0) is 21.2. The van der Waals surface area contributed by atoms with E-state index in [1.165, 1.54) is 48.7 Å². The number of fused-ring (bicyclic) bond motifs is 1. The van der Waals surface area contributed by atoms with Gasteiger partial charge in [0.05, 0.1) is 23.2 Å². The first-order chi connectivity index (χ1) is 13.7. The Bertz CT molecular complexity index is 1090. The molecule has 0 aliphatic carbocycles. The van der Waals surface area contributed by atoms with Gasteiger partial charge in [-0.1, -0.05) is 12.1 Å². The van der Waals surface area contributed by atoms with Crippen LogP contribution >= 0.6 is 7.82 Å². The summed E-state index contributed by atoms with van der Waals surface area (Å²) in [4.78, 5) is 12.8. The fourth-order valence-electron chi connectivity index (χ4n) is 2.71. The van der Waals surface area contributed by atoms with Gasteiger partial charge in [-0.05, 0) is 57.5 Å². The highest BCUT2D eigenvalue weighted by Crippen LogP contribution is 2.51. The Morgan fingerprint density at radius 1 is 0.966 bits per heavy atom. The van der Waals surface area contributed by atoms with Crippen molar-refractivity contribution in [3.8, 4) is 16.9 Å². The van der Waals surface area contributed by atoms with Gasteiger partial charge in [-0.15, -0.1) is 0 Å². The van der Waals surface area contributed by atoms with Crippen molar-refractivity contribution in [2.24, 2.45) is 0 Å². The fourth-order valence-corrected chi connectivity index (χ4v) is 4.25. The van der Waals surface area contributed by atoms with Crippen molar-refractivity contribution in [3.05, 3.63) is 64.8 Å². The summed E-state index contributed by atoms with van der Waals surface area (Å²) in [5.41, 5.74) is 0.828. The third-order valence-electron chi connectivity index (χ3n) is 3.80. The minimum atomic E-state index is -3.86. The van der Waals surface area contributed by atoms with Crippen molar-refractivity contribution in [1.82, 2.24) is 0 Å². The molecule has 1 heterocycles. The number of phosphoric ester groups is 1. The lowest BCUT2D eigenvalue weighted by Crippen LogP contribution is -2.11. The monoisotopic (exact) mass is 420 g/mol. The number of benzene rings is 2. The molecule has 8 heteroatoms. The van der Waals surface area contributed by atoms with Crippen molar-refractivity contribution in [2.75, 3.05) is 0 Å². The number of hydrogen-bond donors (Lipinski definition) is 0. The Labute approximate surface area is 167 Å². The smallest absolute Gasteiger partial charge is 0.463 e. The van der Waals surface area contributed by atoms with Gasteiger partial charge < -0.3 is 8.94 Å². The van der Waals surface area contributed by atoms with Crippen molar-refractivity contribution in [1.29, 1.82) is 0 Å². The molecule has 3 rings (SSSR count). The van der Waals surface area contributed by atoms with E-state index in [1.54, 1.807) is 27.7 Å². The number of rotatable bonds is 7. The van der Waals surface area contributed by atoms with Crippen LogP contribution in [0.15, 0.2) is 57.9 Å². The first kappa shape index (κ1) is 21.2. The topological polar surface area (TPSA) is 75.0 Å². The van der Waals surface area contributed by atoms with Crippen LogP contribution in [0.1, 0.15) is 27.7 Å². The highest BCUT2D eigenvalue weighted by molar-refractivity contribution is 7.49. The van der Waals surface area contributed by atoms with Gasteiger partial charge in [-0.3, -0.25) is 13.8 Å². The molecule has 0 bridgehead atoms. The van der Waals surface area contributed by atoms with E-state index < -0.39 is 13.6 Å². The van der Waals surface area contributed by atoms with Crippen LogP contribution < -0.4 is 9.95 Å². The molecule has 0 amide bonds. The Morgan fingerprint density at radius 2 is 1.59 bits per heavy atom. The number of halogens is 1. The lowest BCUT2D eigenvalue weighted by Gasteiger charge is -2.22. The summed E-state index contributed by atoms with van der Waals surface area (Å²) in [5.74, 6) is -0.211. The molecular formula is C21H22FO6P. The van der Waals surface area contributed by atoms with Gasteiger partial charge in [-0.25, -0.2) is 8.96 Å². The Balaban J connectivity index is 1.96. The van der Waals surface area contributed by atoms with Gasteiger partial charge >= 0.3 is 7.82 Å². The molecule has 0 N–H and O–H groups in total. The van der Waals surface area contributed by atoms with Crippen molar-refractivity contribution in [3.63, 3.8) is 0 Å². The number of phosphoric acid groups is 1. The summed E-state index contributed by atoms with van der Waals surface area (Å²) < 4.78 is 47.8. The van der Waals surface area contributed by atoms with Gasteiger partial charge in [-0.2, -0.15) is 0 Å². The summed E-state index contributed by atoms with van der Waals surface area (Å²) in [5, 5.41) is 0.309. The van der Waals surface area contributed by atoms with E-state index in [9.17, 15) is 13.8 Å². The first-order valence-corrected chi connectivity index (χ1v) is 10.6. The van der Waals surface area contributed by atoms with E-state index in [0.29, 0.717) is 16.5 Å². The second-order valence-corrected chi connectivity index (χ2v) is 8.49. The van der Waals surface area contributed by atoms with Crippen LogP contribution in [0.3, 0.4) is 0 Å². The van der Waals surface area contributed by atoms with E-state index in [4.69, 9.17) is 18.0 Å². The minimum absolute atomic E-state index is 0.180. The highest BCUT2D eigenvalue weighted by Gasteiger charge is 2.31. The van der Waals surface area contributed by atoms with Gasteiger partial charge in [0, 0.05) is 6.07 Å². The molecule has 0 saturated carbocycles. The van der Waals surface area contributed by atoms with Crippen molar-refractivity contribution < 1.29 is 26.9 Å². The maximum atomic E-state index is 13.1. The lowest BCUT2D eigenvalue weighted by molar-refractivity contribution is 0.103. The minimum Gasteiger partial charge on any atom is -0.463 e. The Hall–Kier alpha value is -2.47. The summed E-state index contributed by atoms with van der Waals surface area (Å²) in [6.07, 6.45) is 0.545. The molecule has 0 aliphatic rings. The molecule has 0 saturated heterocycles. The third kappa shape index (κ3) is 5.12. The van der Waals surface area contributed by atoms with E-state index in [2.05, 4.69) is 0 Å². The molecule has 29 heavy (non-hydrogen) atoms. The van der Waals surface area contributed by atoms with E-state index in [-0.39, 0.29) is 29.0 Å². The van der Waals surface area contributed by atoms with Crippen LogP contribution in [0.4, 0.5) is 4.39 Å². The molecule has 0 unspecified atom stereocenters. The fraction of sp³-hybridized carbons (Fsp3) is 0.286. The molecule has 0 radical (unpaired) electrons. The summed E-state index contributed by atoms with van der Waals surface area (Å²) in [6, 6.07) is 10.0. The van der Waals surface area contributed by atoms with Gasteiger partial charge in [0.25, 0.3) is 0 Å². The lowest BCUT2D eigenvalue weighted by atomic mass is 10.1. The molecule has 0 aliphatic heterocycles. The van der Waals surface area contributed by atoms with Gasteiger partial charge in [0.2, 0.25) is 0 Å². The van der Waals surface area contributed by atoms with Crippen LogP contribution in [0.2, 0.25) is 0 Å². The van der Waals surface area contributed by atoms with E-state index in [1.807, 2.05) is 0 Å². The molecule has 1 aromatic heterocycles. The SMILES string of the molecule is CC(C)OP(=O)(Oc1ccc2c(=O)c(-c3ccc(F)cc3)coc2c1)OC(C)C. The van der Waals surface area contributed by atoms with Crippen molar-refractivity contribution in [2.45, 2.75) is 39.9 Å². The van der Waals surface area contributed by atoms with Gasteiger partial charge in [0.1, 0.15) is 23.4 Å². The maximum Gasteiger partial charge on any atom is 0.530 e. The summed E-state index contributed by atoms with van der Waals surface area (Å²) in [6.45, 7) is 6.87. The van der Waals surface area contributed by atoms with Gasteiger partial charge in [0.15, 0.2) is 5.43 Å². The van der Waals surface area contributed by atoms with Crippen LogP contribution in [0.5, 0.6) is 5.75 Å². The molecule has 6 nitrogen and oxygen atoms in total. The molecule has 0 spiro atoms. The summed E-state index contributed by atoms with van der Waals surface area (Å²) in [7, 11) is -3.86. The summed E-state index contributed by atoms with van der Waals surface area (Å²) >= 11 is 0. The highest BCUT2D eigenvalue weighted by atomic mass is 31.2. The molecule has 2 aromatic carbocycles. The molecular weight excluding hydrogens is 398 g/mol. The van der Waals surface area contributed by atoms with E-state index in [0.717, 1.165) is 0 Å².